The second-order valence-electron chi connectivity index (χ2n) is 3.31. The first-order valence-electron chi connectivity index (χ1n) is 3.58. The molecule has 0 radical (unpaired) electrons. The minimum absolute atomic E-state index is 0.0485. The van der Waals surface area contributed by atoms with Crippen LogP contribution in [0.25, 0.3) is 0 Å². The molecule has 0 fully saturated rings. The minimum Gasteiger partial charge on any atom is -0.370 e. The summed E-state index contributed by atoms with van der Waals surface area (Å²) in [5.74, 6) is 0.0485. The molecule has 12 heavy (non-hydrogen) atoms. The van der Waals surface area contributed by atoms with Gasteiger partial charge in [0.15, 0.2) is 11.1 Å². The van der Waals surface area contributed by atoms with E-state index in [4.69, 9.17) is 11.5 Å². The average Bonchev–Trinajstić information content (AvgIpc) is 1.82. The van der Waals surface area contributed by atoms with E-state index in [0.29, 0.717) is 5.17 Å². The molecule has 4 nitrogen and oxygen atoms in total. The van der Waals surface area contributed by atoms with E-state index in [9.17, 15) is 0 Å². The Bertz CT molecular complexity index is 198. The predicted octanol–water partition coefficient (Wildman–Crippen LogP) is 0.777. The maximum absolute atomic E-state index is 5.22. The lowest BCUT2D eigenvalue weighted by atomic mass is 10.1. The summed E-state index contributed by atoms with van der Waals surface area (Å²) >= 11 is 1.43. The zero-order valence-electron chi connectivity index (χ0n) is 7.96. The van der Waals surface area contributed by atoms with Gasteiger partial charge < -0.3 is 11.5 Å². The van der Waals surface area contributed by atoms with Crippen LogP contribution < -0.4 is 11.5 Å². The van der Waals surface area contributed by atoms with Gasteiger partial charge in [-0.05, 0) is 27.0 Å². The van der Waals surface area contributed by atoms with Crippen LogP contribution >= 0.6 is 11.8 Å². The first-order valence-corrected chi connectivity index (χ1v) is 4.81. The smallest absolute Gasteiger partial charge is 0.193 e. The minimum atomic E-state index is -0.142. The quantitative estimate of drug-likeness (QED) is 0.435. The summed E-state index contributed by atoms with van der Waals surface area (Å²) < 4.78 is 0. The highest BCUT2D eigenvalue weighted by atomic mass is 32.2. The average molecular weight is 188 g/mol. The van der Waals surface area contributed by atoms with Crippen molar-refractivity contribution in [2.24, 2.45) is 21.5 Å². The second-order valence-corrected chi connectivity index (χ2v) is 4.08. The SMILES string of the molecule is CSC(N=C(N)N)=NC(C)(C)C. The molecule has 4 N–H and O–H groups in total. The number of amidine groups is 1. The molecule has 0 saturated carbocycles. The molecular formula is C7H16N4S. The van der Waals surface area contributed by atoms with Gasteiger partial charge in [-0.3, -0.25) is 4.99 Å². The highest BCUT2D eigenvalue weighted by Crippen LogP contribution is 2.11. The molecule has 0 aliphatic rings. The standard InChI is InChI=1S/C7H16N4S/c1-7(2,3)11-6(12-4)10-5(8)9/h1-4H3,(H4,8,9,10,11). The molecule has 5 heteroatoms. The van der Waals surface area contributed by atoms with Crippen molar-refractivity contribution < 1.29 is 0 Å². The molecule has 0 rings (SSSR count). The summed E-state index contributed by atoms with van der Waals surface area (Å²) in [5.41, 5.74) is 10.3. The molecule has 0 saturated heterocycles. The van der Waals surface area contributed by atoms with Crippen LogP contribution in [0.3, 0.4) is 0 Å². The highest BCUT2D eigenvalue weighted by molar-refractivity contribution is 8.13. The number of guanidine groups is 1. The Balaban J connectivity index is 4.56. The Hall–Kier alpha value is -0.710. The molecule has 0 amide bonds. The molecule has 70 valence electrons. The molecule has 0 heterocycles. The molecule has 0 spiro atoms. The number of nitrogens with zero attached hydrogens (tertiary/aromatic N) is 2. The van der Waals surface area contributed by atoms with Crippen molar-refractivity contribution in [2.75, 3.05) is 6.26 Å². The lowest BCUT2D eigenvalue weighted by Crippen LogP contribution is -2.24. The van der Waals surface area contributed by atoms with Gasteiger partial charge in [-0.2, -0.15) is 4.99 Å². The maximum atomic E-state index is 5.22. The van der Waals surface area contributed by atoms with Gasteiger partial charge in [0, 0.05) is 0 Å². The second kappa shape index (κ2) is 4.35. The van der Waals surface area contributed by atoms with E-state index >= 15 is 0 Å². The highest BCUT2D eigenvalue weighted by Gasteiger charge is 2.08. The lowest BCUT2D eigenvalue weighted by Gasteiger charge is -2.12. The van der Waals surface area contributed by atoms with E-state index in [1.165, 1.54) is 11.8 Å². The molecule has 0 bridgehead atoms. The fourth-order valence-corrected chi connectivity index (χ4v) is 1.08. The normalized spacial score (nSPS) is 12.8. The molecule has 0 unspecified atom stereocenters. The topological polar surface area (TPSA) is 76.8 Å². The fraction of sp³-hybridized carbons (Fsp3) is 0.714. The number of nitrogens with two attached hydrogens (primary N) is 2. The number of aliphatic imine (C=N–C) groups is 2. The van der Waals surface area contributed by atoms with Crippen molar-refractivity contribution in [2.45, 2.75) is 26.3 Å². The Morgan fingerprint density at radius 2 is 1.75 bits per heavy atom. The zero-order valence-corrected chi connectivity index (χ0v) is 8.77. The zero-order chi connectivity index (χ0) is 9.78. The summed E-state index contributed by atoms with van der Waals surface area (Å²) in [6.45, 7) is 5.97. The maximum Gasteiger partial charge on any atom is 0.193 e. The van der Waals surface area contributed by atoms with E-state index in [1.54, 1.807) is 0 Å². The fourth-order valence-electron chi connectivity index (χ4n) is 0.514. The van der Waals surface area contributed by atoms with Gasteiger partial charge in [0.1, 0.15) is 0 Å². The Morgan fingerprint density at radius 1 is 1.25 bits per heavy atom. The van der Waals surface area contributed by atoms with Crippen LogP contribution in [0.4, 0.5) is 0 Å². The Labute approximate surface area is 77.5 Å². The van der Waals surface area contributed by atoms with E-state index in [-0.39, 0.29) is 11.5 Å². The summed E-state index contributed by atoms with van der Waals surface area (Å²) in [7, 11) is 0. The van der Waals surface area contributed by atoms with Crippen molar-refractivity contribution in [1.82, 2.24) is 0 Å². The van der Waals surface area contributed by atoms with Crippen molar-refractivity contribution in [3.8, 4) is 0 Å². The van der Waals surface area contributed by atoms with Crippen LogP contribution in [0, 0.1) is 0 Å². The Morgan fingerprint density at radius 3 is 2.00 bits per heavy atom. The van der Waals surface area contributed by atoms with Crippen molar-refractivity contribution in [1.29, 1.82) is 0 Å². The van der Waals surface area contributed by atoms with Gasteiger partial charge in [-0.1, -0.05) is 11.8 Å². The van der Waals surface area contributed by atoms with Crippen LogP contribution in [-0.4, -0.2) is 22.9 Å². The summed E-state index contributed by atoms with van der Waals surface area (Å²) in [6, 6.07) is 0. The van der Waals surface area contributed by atoms with Crippen LogP contribution in [-0.2, 0) is 0 Å². The van der Waals surface area contributed by atoms with E-state index in [1.807, 2.05) is 27.0 Å². The first-order chi connectivity index (χ1) is 5.35. The van der Waals surface area contributed by atoms with Gasteiger partial charge in [-0.25, -0.2) is 0 Å². The molecule has 0 aromatic heterocycles. The van der Waals surface area contributed by atoms with Gasteiger partial charge in [0.25, 0.3) is 0 Å². The number of thioether (sulfide) groups is 1. The van der Waals surface area contributed by atoms with Crippen LogP contribution in [0.5, 0.6) is 0 Å². The van der Waals surface area contributed by atoms with Crippen LogP contribution in [0.1, 0.15) is 20.8 Å². The summed E-state index contributed by atoms with van der Waals surface area (Å²) in [6.07, 6.45) is 1.89. The number of hydrogen-bond donors (Lipinski definition) is 2. The van der Waals surface area contributed by atoms with Gasteiger partial charge in [-0.15, -0.1) is 0 Å². The monoisotopic (exact) mass is 188 g/mol. The Kier molecular flexibility index (Phi) is 4.09. The summed E-state index contributed by atoms with van der Waals surface area (Å²) in [5, 5.41) is 0.613. The van der Waals surface area contributed by atoms with Crippen LogP contribution in [0.2, 0.25) is 0 Å². The molecule has 0 aliphatic carbocycles. The van der Waals surface area contributed by atoms with E-state index < -0.39 is 0 Å². The lowest BCUT2D eigenvalue weighted by molar-refractivity contribution is 0.585. The first kappa shape index (κ1) is 11.3. The largest absolute Gasteiger partial charge is 0.370 e. The van der Waals surface area contributed by atoms with Gasteiger partial charge in [0.05, 0.1) is 5.54 Å². The molecule has 0 aromatic carbocycles. The molecule has 0 aromatic rings. The third kappa shape index (κ3) is 6.03. The molecule has 0 atom stereocenters. The molecule has 0 aliphatic heterocycles. The third-order valence-electron chi connectivity index (χ3n) is 0.838. The van der Waals surface area contributed by atoms with Gasteiger partial charge in [0.2, 0.25) is 0 Å². The van der Waals surface area contributed by atoms with Crippen molar-refractivity contribution in [3.63, 3.8) is 0 Å². The molecular weight excluding hydrogens is 172 g/mol. The summed E-state index contributed by atoms with van der Waals surface area (Å²) in [4.78, 5) is 8.17. The predicted molar refractivity (Wildman–Crippen MR) is 56.5 cm³/mol. The van der Waals surface area contributed by atoms with Crippen molar-refractivity contribution >= 4 is 22.9 Å². The third-order valence-corrected chi connectivity index (χ3v) is 1.39. The van der Waals surface area contributed by atoms with Crippen LogP contribution in [0.15, 0.2) is 9.98 Å². The number of rotatable bonds is 0. The van der Waals surface area contributed by atoms with E-state index in [2.05, 4.69) is 9.98 Å². The van der Waals surface area contributed by atoms with E-state index in [0.717, 1.165) is 0 Å². The van der Waals surface area contributed by atoms with Gasteiger partial charge >= 0.3 is 0 Å². The number of hydrogen-bond acceptors (Lipinski definition) is 2. The van der Waals surface area contributed by atoms with Crippen molar-refractivity contribution in [3.05, 3.63) is 0 Å².